The van der Waals surface area contributed by atoms with Crippen LogP contribution in [0.2, 0.25) is 0 Å². The minimum Gasteiger partial charge on any atom is -0.508 e. The van der Waals surface area contributed by atoms with Crippen LogP contribution in [0, 0.1) is 16.7 Å². The predicted molar refractivity (Wildman–Crippen MR) is 235 cm³/mol. The summed E-state index contributed by atoms with van der Waals surface area (Å²) in [6.07, 6.45) is 17.6. The summed E-state index contributed by atoms with van der Waals surface area (Å²) in [5.74, 6) is 0.998. The van der Waals surface area contributed by atoms with Crippen LogP contribution in [-0.2, 0) is 20.5 Å². The van der Waals surface area contributed by atoms with Crippen LogP contribution in [0.1, 0.15) is 179 Å². The Morgan fingerprint density at radius 1 is 0.638 bits per heavy atom. The van der Waals surface area contributed by atoms with Crippen molar-refractivity contribution in [2.75, 3.05) is 13.2 Å². The molecule has 0 aliphatic heterocycles. The Morgan fingerprint density at radius 2 is 1.00 bits per heavy atom. The van der Waals surface area contributed by atoms with Crippen molar-refractivity contribution in [1.29, 1.82) is 0 Å². The SMILES string of the molecule is C=C(C)[C@@H]1CCC(C)=C[C@H]1c1c(O)cc(O)cc1C(C)(C)CCCCCCO[N+](=O)OCCCCCCC(C)(C)c1cc(O)cc(O)c1[C@@H]1C=C(C)CC[C@H]1C(=C)C. The molecule has 4 atom stereocenters. The molecule has 2 aliphatic rings. The van der Waals surface area contributed by atoms with Crippen molar-refractivity contribution >= 4 is 0 Å². The first-order chi connectivity index (χ1) is 27.3. The Bertz CT molecular complexity index is 1690. The molecule has 58 heavy (non-hydrogen) atoms. The molecule has 0 unspecified atom stereocenters. The summed E-state index contributed by atoms with van der Waals surface area (Å²) in [6, 6.07) is 6.59. The zero-order chi connectivity index (χ0) is 42.8. The molecular weight excluding hydrogens is 727 g/mol. The molecule has 2 aromatic carbocycles. The fourth-order valence-corrected chi connectivity index (χ4v) is 9.51. The second-order valence-electron chi connectivity index (χ2n) is 18.9. The maximum atomic E-state index is 12.2. The van der Waals surface area contributed by atoms with Gasteiger partial charge in [0.15, 0.2) is 13.2 Å². The van der Waals surface area contributed by atoms with Gasteiger partial charge in [-0.25, -0.2) is 0 Å². The summed E-state index contributed by atoms with van der Waals surface area (Å²) in [4.78, 5) is 22.7. The summed E-state index contributed by atoms with van der Waals surface area (Å²) < 4.78 is 0. The minimum absolute atomic E-state index is 0.0275. The number of phenols is 4. The van der Waals surface area contributed by atoms with Crippen LogP contribution >= 0.6 is 0 Å². The number of rotatable bonds is 22. The highest BCUT2D eigenvalue weighted by Gasteiger charge is 2.36. The van der Waals surface area contributed by atoms with Crippen molar-refractivity contribution in [3.63, 3.8) is 0 Å². The van der Waals surface area contributed by atoms with Crippen molar-refractivity contribution in [1.82, 2.24) is 0 Å². The van der Waals surface area contributed by atoms with E-state index in [1.165, 1.54) is 23.3 Å². The van der Waals surface area contributed by atoms with Gasteiger partial charge in [-0.05, 0) is 138 Å². The molecule has 4 rings (SSSR count). The van der Waals surface area contributed by atoms with Crippen LogP contribution in [-0.4, -0.2) is 38.7 Å². The highest BCUT2D eigenvalue weighted by atomic mass is 17.0. The van der Waals surface area contributed by atoms with E-state index in [0.717, 1.165) is 123 Å². The van der Waals surface area contributed by atoms with E-state index in [1.807, 2.05) is 12.1 Å². The van der Waals surface area contributed by atoms with Gasteiger partial charge < -0.3 is 20.4 Å². The number of unbranched alkanes of at least 4 members (excludes halogenated alkanes) is 6. The average Bonchev–Trinajstić information content (AvgIpc) is 3.13. The Hall–Kier alpha value is -4.20. The maximum Gasteiger partial charge on any atom is 0.477 e. The largest absolute Gasteiger partial charge is 0.508 e. The number of allylic oxidation sites excluding steroid dienone is 6. The number of hydrogen-bond donors (Lipinski definition) is 4. The molecule has 0 saturated heterocycles. The lowest BCUT2D eigenvalue weighted by Gasteiger charge is -2.36. The Balaban J connectivity index is 1.15. The maximum absolute atomic E-state index is 12.2. The molecule has 8 heteroatoms. The highest BCUT2D eigenvalue weighted by Crippen LogP contribution is 2.50. The minimum atomic E-state index is -0.267. The van der Waals surface area contributed by atoms with E-state index >= 15 is 0 Å². The first kappa shape index (κ1) is 46.5. The second kappa shape index (κ2) is 20.7. The monoisotopic (exact) mass is 801 g/mol. The van der Waals surface area contributed by atoms with E-state index < -0.39 is 0 Å². The smallest absolute Gasteiger partial charge is 0.477 e. The van der Waals surface area contributed by atoms with E-state index in [2.05, 4.69) is 80.7 Å². The molecule has 2 aromatic rings. The third kappa shape index (κ3) is 12.4. The number of hydrogen-bond acceptors (Lipinski definition) is 7. The van der Waals surface area contributed by atoms with Gasteiger partial charge in [0, 0.05) is 35.1 Å². The van der Waals surface area contributed by atoms with Crippen molar-refractivity contribution in [3.05, 3.63) is 99.0 Å². The first-order valence-corrected chi connectivity index (χ1v) is 21.8. The van der Waals surface area contributed by atoms with Gasteiger partial charge in [0.2, 0.25) is 0 Å². The summed E-state index contributed by atoms with van der Waals surface area (Å²) in [6.45, 7) is 26.3. The summed E-state index contributed by atoms with van der Waals surface area (Å²) >= 11 is 0. The van der Waals surface area contributed by atoms with Gasteiger partial charge >= 0.3 is 5.09 Å². The molecule has 0 fully saturated rings. The van der Waals surface area contributed by atoms with Crippen molar-refractivity contribution < 1.29 is 35.2 Å². The summed E-state index contributed by atoms with van der Waals surface area (Å²) in [5, 5.41) is 43.5. The van der Waals surface area contributed by atoms with E-state index in [-0.39, 0.29) is 75.8 Å². The van der Waals surface area contributed by atoms with Crippen LogP contribution in [0.25, 0.3) is 0 Å². The molecule has 0 amide bonds. The summed E-state index contributed by atoms with van der Waals surface area (Å²) in [5.41, 5.74) is 8.12. The van der Waals surface area contributed by atoms with Crippen molar-refractivity contribution in [2.45, 2.75) is 168 Å². The van der Waals surface area contributed by atoms with Crippen LogP contribution < -0.4 is 0 Å². The lowest BCUT2D eigenvalue weighted by Crippen LogP contribution is -2.24. The average molecular weight is 801 g/mol. The van der Waals surface area contributed by atoms with Gasteiger partial charge in [-0.1, -0.05) is 101 Å². The zero-order valence-corrected chi connectivity index (χ0v) is 37.0. The van der Waals surface area contributed by atoms with Crippen LogP contribution in [0.3, 0.4) is 0 Å². The van der Waals surface area contributed by atoms with Gasteiger partial charge in [-0.3, -0.25) is 0 Å². The predicted octanol–water partition coefficient (Wildman–Crippen LogP) is 13.3. The number of nitrogens with zero attached hydrogens (tertiary/aromatic N) is 1. The Morgan fingerprint density at radius 3 is 1.36 bits per heavy atom. The summed E-state index contributed by atoms with van der Waals surface area (Å²) in [7, 11) is 0. The molecule has 0 heterocycles. The van der Waals surface area contributed by atoms with Gasteiger partial charge in [0.25, 0.3) is 0 Å². The van der Waals surface area contributed by atoms with Crippen LogP contribution in [0.4, 0.5) is 0 Å². The number of phenolic OH excluding ortho intramolecular Hbond substituents is 4. The van der Waals surface area contributed by atoms with E-state index in [1.54, 1.807) is 0 Å². The van der Waals surface area contributed by atoms with Crippen LogP contribution in [0.15, 0.2) is 71.9 Å². The van der Waals surface area contributed by atoms with Gasteiger partial charge in [0.05, 0.1) is 0 Å². The third-order valence-corrected chi connectivity index (χ3v) is 13.0. The molecule has 2 aliphatic carbocycles. The quantitative estimate of drug-likeness (QED) is 0.0532. The molecule has 320 valence electrons. The van der Waals surface area contributed by atoms with Crippen molar-refractivity contribution in [2.24, 2.45) is 11.8 Å². The zero-order valence-electron chi connectivity index (χ0n) is 37.0. The second-order valence-corrected chi connectivity index (χ2v) is 18.9. The molecule has 4 N–H and O–H groups in total. The lowest BCUT2D eigenvalue weighted by atomic mass is 9.68. The lowest BCUT2D eigenvalue weighted by molar-refractivity contribution is -0.981. The highest BCUT2D eigenvalue weighted by molar-refractivity contribution is 5.54. The molecule has 0 aromatic heterocycles. The topological polar surface area (TPSA) is 119 Å². The Labute approximate surface area is 349 Å². The van der Waals surface area contributed by atoms with Gasteiger partial charge in [0.1, 0.15) is 27.9 Å². The fraction of sp³-hybridized carbons (Fsp3) is 0.600. The fourth-order valence-electron chi connectivity index (χ4n) is 9.51. The molecule has 0 bridgehead atoms. The van der Waals surface area contributed by atoms with E-state index in [0.29, 0.717) is 0 Å². The van der Waals surface area contributed by atoms with Crippen molar-refractivity contribution in [3.8, 4) is 23.0 Å². The number of benzene rings is 2. The standard InChI is InChI=1S/C50H73NO7/c1-33(2)39-21-19-35(5)27-41(39)47-43(29-37(52)31-45(47)54)49(7,8)23-15-11-13-17-25-57-51(56)58-26-18-14-12-16-24-50(9,10)44-30-38(53)32-46(55)48(44)42-28-36(6)20-22-40(42)34(3)4/h27-32,39-42H,1,3,11-26H2,2,4-10H3,(H3-,52,53,54,55)/p+1/t39-,40-,41+,42+/m0/s1. The molecule has 8 nitrogen and oxygen atoms in total. The van der Waals surface area contributed by atoms with Crippen LogP contribution in [0.5, 0.6) is 23.0 Å². The van der Waals surface area contributed by atoms with Gasteiger partial charge in [-0.2, -0.15) is 9.68 Å². The molecule has 0 radical (unpaired) electrons. The third-order valence-electron chi connectivity index (χ3n) is 13.0. The normalized spacial score (nSPS) is 19.9. The number of aromatic hydroxyl groups is 4. The molecule has 0 spiro atoms. The Kier molecular flexibility index (Phi) is 16.6. The first-order valence-electron chi connectivity index (χ1n) is 21.8. The van der Waals surface area contributed by atoms with Gasteiger partial charge in [-0.15, -0.1) is 0 Å². The van der Waals surface area contributed by atoms with E-state index in [9.17, 15) is 25.3 Å². The van der Waals surface area contributed by atoms with E-state index in [4.69, 9.17) is 9.68 Å². The molecule has 0 saturated carbocycles. The molecular formula is C50H74NO7+.